The third kappa shape index (κ3) is 6.68. The quantitative estimate of drug-likeness (QED) is 0.405. The van der Waals surface area contributed by atoms with Gasteiger partial charge in [0, 0.05) is 34.2 Å². The Bertz CT molecular complexity index is 1040. The second kappa shape index (κ2) is 10.2. The largest absolute Gasteiger partial charge is 0.332 e. The molecule has 2 aromatic carbocycles. The number of carbonyl (C=O) groups is 1. The molecule has 0 bridgehead atoms. The molecule has 146 valence electrons. The summed E-state index contributed by atoms with van der Waals surface area (Å²) in [6.45, 7) is 0. The number of carbonyl (C=O) groups excluding carboxylic acids is 1. The van der Waals surface area contributed by atoms with Gasteiger partial charge in [0.2, 0.25) is 5.91 Å². The van der Waals surface area contributed by atoms with Gasteiger partial charge in [0.05, 0.1) is 0 Å². The van der Waals surface area contributed by atoms with Gasteiger partial charge in [0.25, 0.3) is 0 Å². The summed E-state index contributed by atoms with van der Waals surface area (Å²) in [5.74, 6) is -0.358. The van der Waals surface area contributed by atoms with Crippen molar-refractivity contribution in [2.75, 3.05) is 5.32 Å². The highest BCUT2D eigenvalue weighted by Crippen LogP contribution is 2.21. The van der Waals surface area contributed by atoms with Gasteiger partial charge in [-0.3, -0.25) is 15.1 Å². The molecule has 1 amide bonds. The molecule has 2 N–H and O–H groups in total. The van der Waals surface area contributed by atoms with Gasteiger partial charge in [-0.15, -0.1) is 0 Å². The predicted molar refractivity (Wildman–Crippen MR) is 123 cm³/mol. The summed E-state index contributed by atoms with van der Waals surface area (Å²) in [6, 6.07) is 16.9. The molecular weight excluding hydrogens is 425 g/mol. The van der Waals surface area contributed by atoms with Crippen LogP contribution < -0.4 is 10.6 Å². The zero-order valence-corrected chi connectivity index (χ0v) is 17.6. The zero-order chi connectivity index (χ0) is 20.6. The van der Waals surface area contributed by atoms with Crippen molar-refractivity contribution in [3.8, 4) is 0 Å². The van der Waals surface area contributed by atoms with Crippen molar-refractivity contribution in [1.82, 2.24) is 10.3 Å². The Morgan fingerprint density at radius 1 is 1.00 bits per heavy atom. The Balaban J connectivity index is 1.52. The fourth-order valence-corrected chi connectivity index (χ4v) is 3.25. The minimum atomic E-state index is -0.358. The van der Waals surface area contributed by atoms with E-state index in [2.05, 4.69) is 15.6 Å². The van der Waals surface area contributed by atoms with Gasteiger partial charge in [0.15, 0.2) is 5.11 Å². The second-order valence-electron chi connectivity index (χ2n) is 6.17. The second-order valence-corrected chi connectivity index (χ2v) is 7.42. The third-order valence-electron chi connectivity index (χ3n) is 3.98. The van der Waals surface area contributed by atoms with Crippen molar-refractivity contribution >= 4 is 58.2 Å². The Morgan fingerprint density at radius 2 is 1.69 bits per heavy atom. The third-order valence-corrected chi connectivity index (χ3v) is 4.75. The van der Waals surface area contributed by atoms with Crippen LogP contribution >= 0.6 is 35.4 Å². The first-order valence-electron chi connectivity index (χ1n) is 8.72. The molecule has 0 unspecified atom stereocenters. The number of anilines is 1. The highest BCUT2D eigenvalue weighted by molar-refractivity contribution is 7.80. The lowest BCUT2D eigenvalue weighted by molar-refractivity contribution is -0.115. The Labute approximate surface area is 184 Å². The predicted octanol–water partition coefficient (Wildman–Crippen LogP) is 5.51. The lowest BCUT2D eigenvalue weighted by Crippen LogP contribution is -2.32. The highest BCUT2D eigenvalue weighted by atomic mass is 35.5. The molecule has 0 radical (unpaired) electrons. The summed E-state index contributed by atoms with van der Waals surface area (Å²) in [6.07, 6.45) is 7.34. The first kappa shape index (κ1) is 21.0. The maximum absolute atomic E-state index is 12.1. The van der Waals surface area contributed by atoms with Crippen molar-refractivity contribution in [2.24, 2.45) is 0 Å². The first-order chi connectivity index (χ1) is 14.0. The first-order valence-corrected chi connectivity index (χ1v) is 9.89. The molecular formula is C22H17Cl2N3OS. The monoisotopic (exact) mass is 441 g/mol. The SMILES string of the molecule is O=C(C=Cc1ccc(Cl)cc1Cl)NC(=S)Nc1ccc(Cc2ccncc2)cc1. The molecule has 0 fully saturated rings. The number of hydrogen-bond donors (Lipinski definition) is 2. The summed E-state index contributed by atoms with van der Waals surface area (Å²) in [4.78, 5) is 16.1. The van der Waals surface area contributed by atoms with E-state index in [4.69, 9.17) is 35.4 Å². The minimum absolute atomic E-state index is 0.212. The van der Waals surface area contributed by atoms with E-state index < -0.39 is 0 Å². The number of halogens is 2. The molecule has 0 atom stereocenters. The van der Waals surface area contributed by atoms with Crippen molar-refractivity contribution in [1.29, 1.82) is 0 Å². The Hall–Kier alpha value is -2.73. The minimum Gasteiger partial charge on any atom is -0.332 e. The lowest BCUT2D eigenvalue weighted by atomic mass is 10.1. The van der Waals surface area contributed by atoms with E-state index in [9.17, 15) is 4.79 Å². The topological polar surface area (TPSA) is 54.0 Å². The standard InChI is InChI=1S/C22H17Cl2N3OS/c23-18-5-3-17(20(24)14-18)4-8-21(28)27-22(29)26-19-6-1-15(2-7-19)13-16-9-11-25-12-10-16/h1-12,14H,13H2,(H2,26,27,28,29). The number of nitrogens with one attached hydrogen (secondary N) is 2. The van der Waals surface area contributed by atoms with Gasteiger partial charge in [-0.25, -0.2) is 0 Å². The van der Waals surface area contributed by atoms with E-state index in [1.165, 1.54) is 17.2 Å². The van der Waals surface area contributed by atoms with Crippen LogP contribution in [-0.2, 0) is 11.2 Å². The Morgan fingerprint density at radius 3 is 2.38 bits per heavy atom. The molecule has 0 aliphatic heterocycles. The van der Waals surface area contributed by atoms with Crippen LogP contribution in [0.15, 0.2) is 73.1 Å². The van der Waals surface area contributed by atoms with Crippen LogP contribution in [0.1, 0.15) is 16.7 Å². The van der Waals surface area contributed by atoms with Crippen LogP contribution in [-0.4, -0.2) is 16.0 Å². The number of hydrogen-bond acceptors (Lipinski definition) is 3. The molecule has 1 heterocycles. The summed E-state index contributed by atoms with van der Waals surface area (Å²) in [5, 5.41) is 6.81. The van der Waals surface area contributed by atoms with E-state index >= 15 is 0 Å². The van der Waals surface area contributed by atoms with Gasteiger partial charge < -0.3 is 5.32 Å². The molecule has 0 aliphatic carbocycles. The average Bonchev–Trinajstić information content (AvgIpc) is 2.69. The zero-order valence-electron chi connectivity index (χ0n) is 15.2. The number of rotatable bonds is 5. The van der Waals surface area contributed by atoms with Crippen LogP contribution in [0.5, 0.6) is 0 Å². The smallest absolute Gasteiger partial charge is 0.250 e. The van der Waals surface area contributed by atoms with E-state index in [0.29, 0.717) is 15.6 Å². The number of thiocarbonyl (C=S) groups is 1. The lowest BCUT2D eigenvalue weighted by Gasteiger charge is -2.09. The van der Waals surface area contributed by atoms with Gasteiger partial charge in [-0.2, -0.15) is 0 Å². The number of nitrogens with zero attached hydrogens (tertiary/aromatic N) is 1. The van der Waals surface area contributed by atoms with E-state index in [-0.39, 0.29) is 11.0 Å². The fourth-order valence-electron chi connectivity index (χ4n) is 2.56. The molecule has 7 heteroatoms. The molecule has 3 rings (SSSR count). The summed E-state index contributed by atoms with van der Waals surface area (Å²) in [7, 11) is 0. The van der Waals surface area contributed by atoms with E-state index in [1.807, 2.05) is 36.4 Å². The van der Waals surface area contributed by atoms with E-state index in [0.717, 1.165) is 12.1 Å². The van der Waals surface area contributed by atoms with Crippen LogP contribution in [0.3, 0.4) is 0 Å². The highest BCUT2D eigenvalue weighted by Gasteiger charge is 2.04. The Kier molecular flexibility index (Phi) is 7.36. The van der Waals surface area contributed by atoms with Crippen molar-refractivity contribution in [3.05, 3.63) is 99.8 Å². The van der Waals surface area contributed by atoms with Gasteiger partial charge >= 0.3 is 0 Å². The molecule has 1 aromatic heterocycles. The number of aromatic nitrogens is 1. The van der Waals surface area contributed by atoms with Crippen molar-refractivity contribution in [2.45, 2.75) is 6.42 Å². The normalized spacial score (nSPS) is 10.7. The number of pyridine rings is 1. The molecule has 29 heavy (non-hydrogen) atoms. The fraction of sp³-hybridized carbons (Fsp3) is 0.0455. The summed E-state index contributed by atoms with van der Waals surface area (Å²) in [5.41, 5.74) is 3.84. The molecule has 3 aromatic rings. The van der Waals surface area contributed by atoms with Crippen LogP contribution in [0.4, 0.5) is 5.69 Å². The average molecular weight is 442 g/mol. The van der Waals surface area contributed by atoms with Gasteiger partial charge in [-0.1, -0.05) is 41.4 Å². The molecule has 0 spiro atoms. The maximum atomic E-state index is 12.1. The summed E-state index contributed by atoms with van der Waals surface area (Å²) >= 11 is 17.1. The molecule has 0 saturated heterocycles. The molecule has 4 nitrogen and oxygen atoms in total. The van der Waals surface area contributed by atoms with Gasteiger partial charge in [-0.05, 0) is 77.8 Å². The van der Waals surface area contributed by atoms with E-state index in [1.54, 1.807) is 36.7 Å². The summed E-state index contributed by atoms with van der Waals surface area (Å²) < 4.78 is 0. The molecule has 0 aliphatic rings. The van der Waals surface area contributed by atoms with Crippen LogP contribution in [0.25, 0.3) is 6.08 Å². The molecule has 0 saturated carbocycles. The van der Waals surface area contributed by atoms with Crippen LogP contribution in [0, 0.1) is 0 Å². The van der Waals surface area contributed by atoms with Crippen molar-refractivity contribution < 1.29 is 4.79 Å². The maximum Gasteiger partial charge on any atom is 0.250 e. The number of benzene rings is 2. The number of amides is 1. The van der Waals surface area contributed by atoms with Gasteiger partial charge in [0.1, 0.15) is 0 Å². The van der Waals surface area contributed by atoms with Crippen LogP contribution in [0.2, 0.25) is 10.0 Å². The van der Waals surface area contributed by atoms with Crippen molar-refractivity contribution in [3.63, 3.8) is 0 Å².